The monoisotopic (exact) mass is 301 g/mol. The van der Waals surface area contributed by atoms with Crippen LogP contribution in [0.25, 0.3) is 0 Å². The van der Waals surface area contributed by atoms with Crippen LogP contribution < -0.4 is 10.6 Å². The van der Waals surface area contributed by atoms with E-state index in [0.717, 1.165) is 32.5 Å². The van der Waals surface area contributed by atoms with Crippen LogP contribution in [0, 0.1) is 5.92 Å². The molecule has 0 saturated carbocycles. The molecule has 0 aromatic heterocycles. The molecule has 1 unspecified atom stereocenters. The highest BCUT2D eigenvalue weighted by Crippen LogP contribution is 2.16. The lowest BCUT2D eigenvalue weighted by Gasteiger charge is -2.22. The van der Waals surface area contributed by atoms with E-state index in [1.807, 2.05) is 0 Å². The molecule has 1 amide bonds. The normalized spacial score (nSPS) is 22.6. The maximum atomic E-state index is 12.3. The highest BCUT2D eigenvalue weighted by atomic mass is 16.1. The Morgan fingerprint density at radius 1 is 1.18 bits per heavy atom. The van der Waals surface area contributed by atoms with E-state index in [9.17, 15) is 4.79 Å². The number of hydrogen-bond acceptors (Lipinski definition) is 3. The first kappa shape index (κ1) is 15.5. The molecule has 0 spiro atoms. The van der Waals surface area contributed by atoms with E-state index in [1.54, 1.807) is 0 Å². The Bertz CT molecular complexity index is 491. The molecule has 0 aliphatic carbocycles. The van der Waals surface area contributed by atoms with Crippen LogP contribution in [0.4, 0.5) is 0 Å². The van der Waals surface area contributed by atoms with Gasteiger partial charge in [0.05, 0.1) is 5.92 Å². The molecular weight excluding hydrogens is 274 g/mol. The van der Waals surface area contributed by atoms with E-state index in [-0.39, 0.29) is 11.8 Å². The number of piperidine rings is 1. The van der Waals surface area contributed by atoms with E-state index in [1.165, 1.54) is 37.1 Å². The van der Waals surface area contributed by atoms with Crippen LogP contribution in [0.1, 0.15) is 36.8 Å². The quantitative estimate of drug-likeness (QED) is 0.873. The van der Waals surface area contributed by atoms with Gasteiger partial charge in [0.2, 0.25) is 5.91 Å². The first-order valence-electron chi connectivity index (χ1n) is 8.60. The maximum Gasteiger partial charge on any atom is 0.224 e. The van der Waals surface area contributed by atoms with Gasteiger partial charge >= 0.3 is 0 Å². The summed E-state index contributed by atoms with van der Waals surface area (Å²) in [7, 11) is 0. The molecule has 2 N–H and O–H groups in total. The zero-order valence-corrected chi connectivity index (χ0v) is 13.3. The zero-order valence-electron chi connectivity index (χ0n) is 13.3. The summed E-state index contributed by atoms with van der Waals surface area (Å²) in [4.78, 5) is 14.8. The summed E-state index contributed by atoms with van der Waals surface area (Å²) < 4.78 is 0. The largest absolute Gasteiger partial charge is 0.352 e. The zero-order chi connectivity index (χ0) is 15.2. The molecule has 2 heterocycles. The molecule has 120 valence electrons. The van der Waals surface area contributed by atoms with Crippen molar-refractivity contribution >= 4 is 5.91 Å². The van der Waals surface area contributed by atoms with Crippen molar-refractivity contribution in [3.05, 3.63) is 35.4 Å². The number of likely N-dealkylation sites (tertiary alicyclic amines) is 1. The van der Waals surface area contributed by atoms with Crippen molar-refractivity contribution in [2.75, 3.05) is 26.2 Å². The van der Waals surface area contributed by atoms with Crippen molar-refractivity contribution in [1.82, 2.24) is 15.5 Å². The summed E-state index contributed by atoms with van der Waals surface area (Å²) >= 11 is 0. The van der Waals surface area contributed by atoms with Crippen molar-refractivity contribution < 1.29 is 4.79 Å². The highest BCUT2D eigenvalue weighted by molar-refractivity contribution is 5.79. The maximum absolute atomic E-state index is 12.3. The van der Waals surface area contributed by atoms with Gasteiger partial charge in [-0.3, -0.25) is 9.69 Å². The van der Waals surface area contributed by atoms with Crippen LogP contribution in [-0.4, -0.2) is 37.0 Å². The van der Waals surface area contributed by atoms with Crippen molar-refractivity contribution in [3.8, 4) is 0 Å². The number of hydrogen-bond donors (Lipinski definition) is 2. The van der Waals surface area contributed by atoms with E-state index in [2.05, 4.69) is 39.8 Å². The van der Waals surface area contributed by atoms with Crippen molar-refractivity contribution in [2.45, 2.75) is 38.8 Å². The molecule has 2 saturated heterocycles. The summed E-state index contributed by atoms with van der Waals surface area (Å²) in [5.41, 5.74) is 2.61. The van der Waals surface area contributed by atoms with E-state index in [0.29, 0.717) is 6.54 Å². The van der Waals surface area contributed by atoms with Crippen LogP contribution in [0.2, 0.25) is 0 Å². The van der Waals surface area contributed by atoms with Crippen molar-refractivity contribution in [2.24, 2.45) is 5.92 Å². The molecule has 1 aromatic rings. The summed E-state index contributed by atoms with van der Waals surface area (Å²) in [5, 5.41) is 6.44. The molecule has 2 aliphatic heterocycles. The Balaban J connectivity index is 1.56. The van der Waals surface area contributed by atoms with E-state index in [4.69, 9.17) is 0 Å². The van der Waals surface area contributed by atoms with E-state index < -0.39 is 0 Å². The molecule has 0 radical (unpaired) electrons. The summed E-state index contributed by atoms with van der Waals surface area (Å²) in [5.74, 6) is 0.336. The summed E-state index contributed by atoms with van der Waals surface area (Å²) in [6, 6.07) is 8.51. The average molecular weight is 301 g/mol. The van der Waals surface area contributed by atoms with Crippen molar-refractivity contribution in [1.29, 1.82) is 0 Å². The van der Waals surface area contributed by atoms with Gasteiger partial charge < -0.3 is 10.6 Å². The van der Waals surface area contributed by atoms with Crippen LogP contribution in [0.15, 0.2) is 24.3 Å². The summed E-state index contributed by atoms with van der Waals surface area (Å²) in [6.07, 6.45) is 4.74. The fourth-order valence-electron chi connectivity index (χ4n) is 3.47. The number of carbonyl (C=O) groups is 1. The lowest BCUT2D eigenvalue weighted by Crippen LogP contribution is -2.40. The predicted octanol–water partition coefficient (Wildman–Crippen LogP) is 1.90. The van der Waals surface area contributed by atoms with Gasteiger partial charge in [-0.05, 0) is 56.4 Å². The number of rotatable bonds is 5. The molecule has 1 atom stereocenters. The Labute approximate surface area is 133 Å². The van der Waals surface area contributed by atoms with E-state index >= 15 is 0 Å². The highest BCUT2D eigenvalue weighted by Gasteiger charge is 2.20. The molecule has 1 aromatic carbocycles. The van der Waals surface area contributed by atoms with Gasteiger partial charge in [-0.15, -0.1) is 0 Å². The van der Waals surface area contributed by atoms with Gasteiger partial charge in [0.1, 0.15) is 0 Å². The minimum Gasteiger partial charge on any atom is -0.352 e. The Morgan fingerprint density at radius 2 is 1.95 bits per heavy atom. The van der Waals surface area contributed by atoms with Gasteiger partial charge in [-0.2, -0.15) is 0 Å². The van der Waals surface area contributed by atoms with Gasteiger partial charge in [-0.1, -0.05) is 24.3 Å². The first-order chi connectivity index (χ1) is 10.8. The van der Waals surface area contributed by atoms with Gasteiger partial charge in [0.25, 0.3) is 0 Å². The molecule has 0 bridgehead atoms. The standard InChI is InChI=1S/C18H27N3O/c22-18(16-8-5-9-19-12-16)20-13-15-6-1-2-7-17(15)14-21-10-3-4-11-21/h1-2,6-7,16,19H,3-5,8-14H2,(H,20,22). The molecule has 3 rings (SSSR count). The fraction of sp³-hybridized carbons (Fsp3) is 0.611. The number of benzene rings is 1. The smallest absolute Gasteiger partial charge is 0.224 e. The average Bonchev–Trinajstić information content (AvgIpc) is 3.07. The third-order valence-corrected chi connectivity index (χ3v) is 4.83. The third-order valence-electron chi connectivity index (χ3n) is 4.83. The number of carbonyl (C=O) groups excluding carboxylic acids is 1. The molecule has 4 nitrogen and oxygen atoms in total. The van der Waals surface area contributed by atoms with Gasteiger partial charge in [0, 0.05) is 19.6 Å². The van der Waals surface area contributed by atoms with Crippen LogP contribution in [0.3, 0.4) is 0 Å². The van der Waals surface area contributed by atoms with Crippen LogP contribution >= 0.6 is 0 Å². The lowest BCUT2D eigenvalue weighted by atomic mass is 9.98. The van der Waals surface area contributed by atoms with Crippen LogP contribution in [-0.2, 0) is 17.9 Å². The fourth-order valence-corrected chi connectivity index (χ4v) is 3.47. The molecule has 4 heteroatoms. The number of amides is 1. The molecular formula is C18H27N3O. The van der Waals surface area contributed by atoms with Gasteiger partial charge in [-0.25, -0.2) is 0 Å². The first-order valence-corrected chi connectivity index (χ1v) is 8.60. The second-order valence-electron chi connectivity index (χ2n) is 6.51. The summed E-state index contributed by atoms with van der Waals surface area (Å²) in [6.45, 7) is 5.93. The molecule has 2 aliphatic rings. The van der Waals surface area contributed by atoms with Crippen molar-refractivity contribution in [3.63, 3.8) is 0 Å². The molecule has 22 heavy (non-hydrogen) atoms. The number of nitrogens with zero attached hydrogens (tertiary/aromatic N) is 1. The minimum absolute atomic E-state index is 0.138. The molecule has 2 fully saturated rings. The SMILES string of the molecule is O=C(NCc1ccccc1CN1CCCC1)C1CCCNC1. The minimum atomic E-state index is 0.138. The number of nitrogens with one attached hydrogen (secondary N) is 2. The Kier molecular flexibility index (Phi) is 5.46. The predicted molar refractivity (Wildman–Crippen MR) is 88.4 cm³/mol. The second kappa shape index (κ2) is 7.75. The Hall–Kier alpha value is -1.39. The Morgan fingerprint density at radius 3 is 2.68 bits per heavy atom. The second-order valence-corrected chi connectivity index (χ2v) is 6.51. The lowest BCUT2D eigenvalue weighted by molar-refractivity contribution is -0.125. The van der Waals surface area contributed by atoms with Crippen LogP contribution in [0.5, 0.6) is 0 Å². The van der Waals surface area contributed by atoms with Gasteiger partial charge in [0.15, 0.2) is 0 Å². The third kappa shape index (κ3) is 4.08. The topological polar surface area (TPSA) is 44.4 Å².